The fourth-order valence-electron chi connectivity index (χ4n) is 3.79. The molecule has 2 aliphatic carbocycles. The molecule has 24 heavy (non-hydrogen) atoms. The van der Waals surface area contributed by atoms with Gasteiger partial charge in [0, 0.05) is 10.9 Å². The topological polar surface area (TPSA) is 55.4 Å². The van der Waals surface area contributed by atoms with Crippen molar-refractivity contribution in [2.75, 3.05) is 6.61 Å². The maximum absolute atomic E-state index is 12.2. The molecular weight excluding hydrogens is 322 g/mol. The Morgan fingerprint density at radius 2 is 2.04 bits per heavy atom. The number of rotatable bonds is 4. The molecule has 1 aromatic rings. The molecule has 1 saturated carbocycles. The average Bonchev–Trinajstić information content (AvgIpc) is 2.98. The normalized spacial score (nSPS) is 26.5. The zero-order valence-electron chi connectivity index (χ0n) is 14.6. The summed E-state index contributed by atoms with van der Waals surface area (Å²) in [5, 5.41) is 3.02. The highest BCUT2D eigenvalue weighted by atomic mass is 32.1. The smallest absolute Gasteiger partial charge is 0.348 e. The number of esters is 1. The maximum Gasteiger partial charge on any atom is 0.348 e. The van der Waals surface area contributed by atoms with Crippen molar-refractivity contribution in [1.82, 2.24) is 5.32 Å². The second kappa shape index (κ2) is 7.68. The van der Waals surface area contributed by atoms with Crippen LogP contribution in [0.2, 0.25) is 0 Å². The molecule has 0 aliphatic heterocycles. The molecule has 3 atom stereocenters. The van der Waals surface area contributed by atoms with Gasteiger partial charge in [-0.25, -0.2) is 4.79 Å². The summed E-state index contributed by atoms with van der Waals surface area (Å²) in [6, 6.07) is 2.18. The molecule has 3 rings (SSSR count). The largest absolute Gasteiger partial charge is 0.451 e. The van der Waals surface area contributed by atoms with Crippen LogP contribution >= 0.6 is 11.3 Å². The van der Waals surface area contributed by atoms with Gasteiger partial charge in [-0.1, -0.05) is 26.7 Å². The number of carbonyl (C=O) groups excluding carboxylic acids is 2. The predicted molar refractivity (Wildman–Crippen MR) is 95.4 cm³/mol. The number of hydrogen-bond donors (Lipinski definition) is 1. The van der Waals surface area contributed by atoms with Crippen LogP contribution in [0.4, 0.5) is 0 Å². The fraction of sp³-hybridized carbons (Fsp3) is 0.684. The molecule has 0 unspecified atom stereocenters. The maximum atomic E-state index is 12.2. The lowest BCUT2D eigenvalue weighted by Gasteiger charge is -2.29. The Hall–Kier alpha value is -1.36. The minimum atomic E-state index is -0.367. The molecule has 1 heterocycles. The van der Waals surface area contributed by atoms with E-state index in [2.05, 4.69) is 19.2 Å². The molecular formula is C19H27NO3S. The van der Waals surface area contributed by atoms with Gasteiger partial charge in [0.25, 0.3) is 5.91 Å². The van der Waals surface area contributed by atoms with Crippen LogP contribution in [0.5, 0.6) is 0 Å². The van der Waals surface area contributed by atoms with E-state index in [0.717, 1.165) is 32.1 Å². The van der Waals surface area contributed by atoms with Crippen LogP contribution in [0.15, 0.2) is 6.07 Å². The number of amides is 1. The van der Waals surface area contributed by atoms with E-state index in [1.165, 1.54) is 34.6 Å². The van der Waals surface area contributed by atoms with Crippen LogP contribution in [0.25, 0.3) is 0 Å². The molecule has 0 bridgehead atoms. The van der Waals surface area contributed by atoms with E-state index in [9.17, 15) is 9.59 Å². The summed E-state index contributed by atoms with van der Waals surface area (Å²) in [6.07, 6.45) is 7.86. The molecule has 1 amide bonds. The number of carbonyl (C=O) groups is 2. The van der Waals surface area contributed by atoms with Gasteiger partial charge in [-0.15, -0.1) is 11.3 Å². The van der Waals surface area contributed by atoms with Crippen LogP contribution < -0.4 is 5.32 Å². The molecule has 0 saturated heterocycles. The van der Waals surface area contributed by atoms with E-state index in [0.29, 0.717) is 16.7 Å². The second-order valence-electron chi connectivity index (χ2n) is 7.42. The van der Waals surface area contributed by atoms with Crippen molar-refractivity contribution < 1.29 is 14.3 Å². The summed E-state index contributed by atoms with van der Waals surface area (Å²) in [6.45, 7) is 4.24. The van der Waals surface area contributed by atoms with Gasteiger partial charge in [-0.3, -0.25) is 4.79 Å². The summed E-state index contributed by atoms with van der Waals surface area (Å²) in [5.74, 6) is 0.634. The summed E-state index contributed by atoms with van der Waals surface area (Å²) in [5.41, 5.74) is 1.28. The summed E-state index contributed by atoms with van der Waals surface area (Å²) >= 11 is 1.53. The Morgan fingerprint density at radius 3 is 2.83 bits per heavy atom. The van der Waals surface area contributed by atoms with Crippen LogP contribution in [0.3, 0.4) is 0 Å². The van der Waals surface area contributed by atoms with Gasteiger partial charge in [-0.2, -0.15) is 0 Å². The average molecular weight is 349 g/mol. The molecule has 1 N–H and O–H groups in total. The minimum absolute atomic E-state index is 0.180. The van der Waals surface area contributed by atoms with Gasteiger partial charge in [0.1, 0.15) is 4.88 Å². The van der Waals surface area contributed by atoms with Crippen molar-refractivity contribution in [1.29, 1.82) is 0 Å². The van der Waals surface area contributed by atoms with Gasteiger partial charge < -0.3 is 10.1 Å². The third kappa shape index (κ3) is 4.18. The minimum Gasteiger partial charge on any atom is -0.451 e. The molecule has 2 aliphatic rings. The highest BCUT2D eigenvalue weighted by Gasteiger charge is 2.24. The number of nitrogens with one attached hydrogen (secondary N) is 1. The zero-order valence-corrected chi connectivity index (χ0v) is 15.4. The van der Waals surface area contributed by atoms with Gasteiger partial charge in [0.15, 0.2) is 6.61 Å². The second-order valence-corrected chi connectivity index (χ2v) is 8.56. The molecule has 132 valence electrons. The van der Waals surface area contributed by atoms with Crippen LogP contribution in [0.1, 0.15) is 66.1 Å². The van der Waals surface area contributed by atoms with Crippen molar-refractivity contribution >= 4 is 23.2 Å². The first-order valence-corrected chi connectivity index (χ1v) is 9.92. The number of fused-ring (bicyclic) bond motifs is 1. The lowest BCUT2D eigenvalue weighted by Crippen LogP contribution is -2.42. The van der Waals surface area contributed by atoms with Gasteiger partial charge >= 0.3 is 5.97 Å². The van der Waals surface area contributed by atoms with E-state index in [4.69, 9.17) is 4.74 Å². The SMILES string of the molecule is C[C@@H]1CCc2sc(C(=O)OCC(=O)N[C@@H]3CCCC[C@H]3C)cc2C1. The predicted octanol–water partition coefficient (Wildman–Crippen LogP) is 3.72. The highest BCUT2D eigenvalue weighted by Crippen LogP contribution is 2.32. The first-order chi connectivity index (χ1) is 11.5. The Morgan fingerprint density at radius 1 is 1.25 bits per heavy atom. The van der Waals surface area contributed by atoms with Gasteiger partial charge in [0.2, 0.25) is 0 Å². The highest BCUT2D eigenvalue weighted by molar-refractivity contribution is 7.14. The third-order valence-corrected chi connectivity index (χ3v) is 6.54. The lowest BCUT2D eigenvalue weighted by atomic mass is 9.86. The van der Waals surface area contributed by atoms with Crippen LogP contribution in [-0.4, -0.2) is 24.5 Å². The number of hydrogen-bond acceptors (Lipinski definition) is 4. The Kier molecular flexibility index (Phi) is 5.59. The van der Waals surface area contributed by atoms with Crippen molar-refractivity contribution in [3.05, 3.63) is 21.4 Å². The van der Waals surface area contributed by atoms with E-state index in [1.807, 2.05) is 6.07 Å². The van der Waals surface area contributed by atoms with Gasteiger partial charge in [-0.05, 0) is 55.6 Å². The lowest BCUT2D eigenvalue weighted by molar-refractivity contribution is -0.125. The van der Waals surface area contributed by atoms with Gasteiger partial charge in [0.05, 0.1) is 0 Å². The van der Waals surface area contributed by atoms with E-state index < -0.39 is 0 Å². The third-order valence-electron chi connectivity index (χ3n) is 5.32. The van der Waals surface area contributed by atoms with E-state index in [-0.39, 0.29) is 24.5 Å². The first kappa shape index (κ1) is 17.5. The van der Waals surface area contributed by atoms with Crippen molar-refractivity contribution in [3.63, 3.8) is 0 Å². The number of aryl methyl sites for hydroxylation is 1. The molecule has 1 fully saturated rings. The summed E-state index contributed by atoms with van der Waals surface area (Å²) in [7, 11) is 0. The Bertz CT molecular complexity index is 610. The molecule has 1 aromatic heterocycles. The molecule has 0 radical (unpaired) electrons. The van der Waals surface area contributed by atoms with Crippen LogP contribution in [-0.2, 0) is 22.4 Å². The molecule has 0 spiro atoms. The molecule has 4 nitrogen and oxygen atoms in total. The zero-order chi connectivity index (χ0) is 17.1. The standard InChI is InChI=1S/C19H27NO3S/c1-12-7-8-16-14(9-12)10-17(24-16)19(22)23-11-18(21)20-15-6-4-3-5-13(15)2/h10,12-13,15H,3-9,11H2,1-2H3,(H,20,21)/t12-,13-,15-/m1/s1. The summed E-state index contributed by atoms with van der Waals surface area (Å²) in [4.78, 5) is 26.2. The van der Waals surface area contributed by atoms with E-state index >= 15 is 0 Å². The van der Waals surface area contributed by atoms with Crippen LogP contribution in [0, 0.1) is 11.8 Å². The summed E-state index contributed by atoms with van der Waals surface area (Å²) < 4.78 is 5.23. The number of ether oxygens (including phenoxy) is 1. The Labute approximate surface area is 148 Å². The first-order valence-electron chi connectivity index (χ1n) is 9.11. The number of thiophene rings is 1. The fourth-order valence-corrected chi connectivity index (χ4v) is 4.89. The van der Waals surface area contributed by atoms with Crippen molar-refractivity contribution in [3.8, 4) is 0 Å². The Balaban J connectivity index is 1.49. The molecule has 0 aromatic carbocycles. The van der Waals surface area contributed by atoms with E-state index in [1.54, 1.807) is 0 Å². The molecule has 5 heteroatoms. The quantitative estimate of drug-likeness (QED) is 0.843. The van der Waals surface area contributed by atoms with Crippen molar-refractivity contribution in [2.24, 2.45) is 11.8 Å². The monoisotopic (exact) mass is 349 g/mol. The van der Waals surface area contributed by atoms with Crippen molar-refractivity contribution in [2.45, 2.75) is 64.8 Å².